The molecule has 58 heavy (non-hydrogen) atoms. The quantitative estimate of drug-likeness (QED) is 0.0795. The number of primary amides is 1. The average Bonchev–Trinajstić information content (AvgIpc) is 4.03. The van der Waals surface area contributed by atoms with Crippen LogP contribution in [0.2, 0.25) is 0 Å². The molecule has 4 aromatic carbocycles. The number of nitrogens with zero attached hydrogens (tertiary/aromatic N) is 6. The number of rotatable bonds is 8. The van der Waals surface area contributed by atoms with E-state index in [2.05, 4.69) is 60.9 Å². The molecule has 0 bridgehead atoms. The summed E-state index contributed by atoms with van der Waals surface area (Å²) in [4.78, 5) is 46.0. The molecule has 0 saturated carbocycles. The molecule has 0 aliphatic carbocycles. The highest BCUT2D eigenvalue weighted by atomic mass is 16.4. The van der Waals surface area contributed by atoms with Gasteiger partial charge in [-0.05, 0) is 60.7 Å². The maximum atomic E-state index is 11.8. The lowest BCUT2D eigenvalue weighted by atomic mass is 10.1. The van der Waals surface area contributed by atoms with Crippen LogP contribution in [0.15, 0.2) is 110 Å². The minimum Gasteiger partial charge on any atom is -0.478 e. The first-order valence-corrected chi connectivity index (χ1v) is 17.6. The lowest BCUT2D eigenvalue weighted by Gasteiger charge is -2.09. The second-order valence-electron chi connectivity index (χ2n) is 13.1. The minimum absolute atomic E-state index is 0.177. The Hall–Kier alpha value is -8.80. The summed E-state index contributed by atoms with van der Waals surface area (Å²) in [5.41, 5.74) is 25.4. The molecule has 10 rings (SSSR count). The number of carbonyl (C=O) groups excluding carboxylic acids is 1. The Bertz CT molecular complexity index is 2980. The fourth-order valence-corrected chi connectivity index (χ4v) is 6.85. The SMILES string of the molecule is NC(=O)c1cccc2cc(-c3cc(Nc4ccnc(N)n4)cc4cn[nH]c34)[nH]c12.Nc1nccc(Nc2cc(-c3cc4cccc(C(=O)O)c4[nH]3)c3[nH]ncc3c2)n1. The normalized spacial score (nSPS) is 11.2. The average molecular weight is 770 g/mol. The Morgan fingerprint density at radius 2 is 1.07 bits per heavy atom. The lowest BCUT2D eigenvalue weighted by Crippen LogP contribution is -2.11. The number of fused-ring (bicyclic) bond motifs is 4. The molecule has 0 radical (unpaired) electrons. The van der Waals surface area contributed by atoms with E-state index in [9.17, 15) is 14.7 Å². The van der Waals surface area contributed by atoms with Crippen molar-refractivity contribution >= 4 is 90.4 Å². The fourth-order valence-electron chi connectivity index (χ4n) is 6.85. The summed E-state index contributed by atoms with van der Waals surface area (Å²) in [6.45, 7) is 0. The van der Waals surface area contributed by atoms with Crippen molar-refractivity contribution < 1.29 is 14.7 Å². The number of nitrogens with one attached hydrogen (secondary N) is 6. The van der Waals surface area contributed by atoms with Gasteiger partial charge in [-0.25, -0.2) is 14.8 Å². The van der Waals surface area contributed by atoms with E-state index in [0.29, 0.717) is 28.2 Å². The van der Waals surface area contributed by atoms with Crippen LogP contribution in [0.3, 0.4) is 0 Å². The highest BCUT2D eigenvalue weighted by Gasteiger charge is 2.17. The molecule has 0 unspecified atom stereocenters. The molecular weight excluding hydrogens is 739 g/mol. The third kappa shape index (κ3) is 6.64. The van der Waals surface area contributed by atoms with Gasteiger partial charge in [-0.15, -0.1) is 0 Å². The van der Waals surface area contributed by atoms with Gasteiger partial charge in [-0.1, -0.05) is 24.3 Å². The number of aromatic amines is 4. The zero-order valence-electron chi connectivity index (χ0n) is 30.1. The minimum atomic E-state index is -0.979. The van der Waals surface area contributed by atoms with Gasteiger partial charge in [0.05, 0.1) is 45.6 Å². The van der Waals surface area contributed by atoms with Gasteiger partial charge in [0.2, 0.25) is 11.9 Å². The van der Waals surface area contributed by atoms with Crippen LogP contribution in [0.25, 0.3) is 66.1 Å². The Labute approximate surface area is 326 Å². The predicted octanol–water partition coefficient (Wildman–Crippen LogP) is 6.45. The van der Waals surface area contributed by atoms with E-state index in [1.165, 1.54) is 0 Å². The van der Waals surface area contributed by atoms with E-state index in [1.54, 1.807) is 55.1 Å². The van der Waals surface area contributed by atoms with Crippen molar-refractivity contribution in [2.45, 2.75) is 0 Å². The lowest BCUT2D eigenvalue weighted by molar-refractivity contribution is 0.0698. The number of aromatic carboxylic acids is 1. The summed E-state index contributed by atoms with van der Waals surface area (Å²) in [5.74, 6) is 0.0561. The zero-order chi connectivity index (χ0) is 39.9. The number of benzene rings is 4. The van der Waals surface area contributed by atoms with Gasteiger partial charge >= 0.3 is 5.97 Å². The third-order valence-electron chi connectivity index (χ3n) is 9.38. The van der Waals surface area contributed by atoms with Crippen molar-refractivity contribution in [2.75, 3.05) is 22.1 Å². The summed E-state index contributed by atoms with van der Waals surface area (Å²) >= 11 is 0. The summed E-state index contributed by atoms with van der Waals surface area (Å²) in [6, 6.07) is 25.8. The van der Waals surface area contributed by atoms with Gasteiger partial charge < -0.3 is 42.9 Å². The third-order valence-corrected chi connectivity index (χ3v) is 9.38. The summed E-state index contributed by atoms with van der Waals surface area (Å²) < 4.78 is 0. The molecule has 13 N–H and O–H groups in total. The van der Waals surface area contributed by atoms with Crippen LogP contribution in [0.1, 0.15) is 20.7 Å². The monoisotopic (exact) mass is 769 g/mol. The van der Waals surface area contributed by atoms with Gasteiger partial charge in [-0.3, -0.25) is 15.0 Å². The number of nitrogen functional groups attached to an aromatic ring is 2. The van der Waals surface area contributed by atoms with E-state index in [0.717, 1.165) is 66.5 Å². The first-order chi connectivity index (χ1) is 28.2. The van der Waals surface area contributed by atoms with E-state index >= 15 is 0 Å². The van der Waals surface area contributed by atoms with Gasteiger partial charge in [-0.2, -0.15) is 20.2 Å². The van der Waals surface area contributed by atoms with Gasteiger partial charge in [0.25, 0.3) is 5.91 Å². The van der Waals surface area contributed by atoms with Crippen molar-refractivity contribution in [3.8, 4) is 22.5 Å². The second-order valence-corrected chi connectivity index (χ2v) is 13.1. The van der Waals surface area contributed by atoms with E-state index < -0.39 is 11.9 Å². The molecule has 0 aliphatic rings. The van der Waals surface area contributed by atoms with Gasteiger partial charge in [0.15, 0.2) is 0 Å². The topological polar surface area (TPSA) is 297 Å². The van der Waals surface area contributed by atoms with Crippen LogP contribution in [-0.4, -0.2) is 67.3 Å². The number of carbonyl (C=O) groups is 2. The smallest absolute Gasteiger partial charge is 0.337 e. The predicted molar refractivity (Wildman–Crippen MR) is 222 cm³/mol. The molecule has 0 saturated heterocycles. The maximum absolute atomic E-state index is 11.8. The van der Waals surface area contributed by atoms with Crippen molar-refractivity contribution in [3.05, 3.63) is 121 Å². The molecule has 0 aliphatic heterocycles. The Morgan fingerprint density at radius 1 is 0.586 bits per heavy atom. The van der Waals surface area contributed by atoms with Crippen LogP contribution in [0.5, 0.6) is 0 Å². The van der Waals surface area contributed by atoms with Crippen molar-refractivity contribution in [3.63, 3.8) is 0 Å². The number of amides is 1. The number of aromatic nitrogens is 10. The fraction of sp³-hybridized carbons (Fsp3) is 0. The Balaban J connectivity index is 0.000000150. The van der Waals surface area contributed by atoms with E-state index in [4.69, 9.17) is 17.2 Å². The van der Waals surface area contributed by atoms with Crippen LogP contribution in [-0.2, 0) is 0 Å². The molecule has 284 valence electrons. The zero-order valence-corrected chi connectivity index (χ0v) is 30.1. The van der Waals surface area contributed by atoms with Crippen LogP contribution in [0.4, 0.5) is 34.9 Å². The van der Waals surface area contributed by atoms with Crippen LogP contribution >= 0.6 is 0 Å². The molecule has 10 aromatic rings. The Morgan fingerprint density at radius 3 is 1.53 bits per heavy atom. The number of anilines is 6. The molecule has 1 amide bonds. The molecule has 6 aromatic heterocycles. The highest BCUT2D eigenvalue weighted by Crippen LogP contribution is 2.35. The number of para-hydroxylation sites is 2. The molecule has 18 heteroatoms. The highest BCUT2D eigenvalue weighted by molar-refractivity contribution is 6.08. The molecule has 0 atom stereocenters. The summed E-state index contributed by atoms with van der Waals surface area (Å²) in [6.07, 6.45) is 6.64. The van der Waals surface area contributed by atoms with Crippen LogP contribution < -0.4 is 27.8 Å². The first-order valence-electron chi connectivity index (χ1n) is 17.6. The van der Waals surface area contributed by atoms with E-state index in [-0.39, 0.29) is 17.5 Å². The number of carboxylic acids is 1. The first kappa shape index (κ1) is 34.9. The van der Waals surface area contributed by atoms with Crippen molar-refractivity contribution in [2.24, 2.45) is 5.73 Å². The molecule has 0 fully saturated rings. The molecule has 18 nitrogen and oxygen atoms in total. The molecular formula is C40H31N15O3. The molecule has 0 spiro atoms. The van der Waals surface area contributed by atoms with Crippen LogP contribution in [0, 0.1) is 0 Å². The summed E-state index contributed by atoms with van der Waals surface area (Å²) in [7, 11) is 0. The van der Waals surface area contributed by atoms with Crippen molar-refractivity contribution in [1.29, 1.82) is 0 Å². The second kappa shape index (κ2) is 14.1. The van der Waals surface area contributed by atoms with E-state index in [1.807, 2.05) is 54.6 Å². The molecule has 6 heterocycles. The number of hydrogen-bond acceptors (Lipinski definition) is 12. The number of hydrogen-bond donors (Lipinski definition) is 10. The Kier molecular flexibility index (Phi) is 8.51. The number of carboxylic acid groups (broad SMARTS) is 1. The largest absolute Gasteiger partial charge is 0.478 e. The maximum Gasteiger partial charge on any atom is 0.337 e. The number of H-pyrrole nitrogens is 4. The van der Waals surface area contributed by atoms with Crippen molar-refractivity contribution in [1.82, 2.24) is 50.3 Å². The number of nitrogens with two attached hydrogens (primary N) is 3. The van der Waals surface area contributed by atoms with Gasteiger partial charge in [0, 0.05) is 67.8 Å². The van der Waals surface area contributed by atoms with Gasteiger partial charge in [0.1, 0.15) is 11.6 Å². The standard InChI is InChI=1S/C20H16N8O.C20H15N7O2/c21-19(29)13-3-1-2-10-7-15(26-17(10)13)14-8-12(6-11-9-24-28-18(11)14)25-16-4-5-23-20(22)27-16;21-20-22-5-4-16(26-20)24-12-6-11-9-23-27-18(11)14(8-12)15-7-10-2-1-3-13(19(28)29)17(10)25-15/h1-9,26H,(H2,21,29)(H,24,28)(H3,22,23,25,27);1-9,25H,(H,23,27)(H,28,29)(H3,21,22,24,26). The summed E-state index contributed by atoms with van der Waals surface area (Å²) in [5, 5.41) is 33.8.